The molecular weight excluding hydrogens is 210 g/mol. The zero-order chi connectivity index (χ0) is 12.5. The van der Waals surface area contributed by atoms with E-state index in [1.807, 2.05) is 6.07 Å². The third-order valence-electron chi connectivity index (χ3n) is 3.39. The highest BCUT2D eigenvalue weighted by atomic mass is 16.3. The predicted octanol–water partition coefficient (Wildman–Crippen LogP) is 4.02. The minimum Gasteiger partial charge on any atom is -0.469 e. The van der Waals surface area contributed by atoms with E-state index < -0.39 is 0 Å². The molecule has 0 radical (unpaired) electrons. The van der Waals surface area contributed by atoms with Gasteiger partial charge in [-0.1, -0.05) is 27.2 Å². The maximum absolute atomic E-state index is 5.39. The van der Waals surface area contributed by atoms with Crippen LogP contribution in [0.5, 0.6) is 0 Å². The summed E-state index contributed by atoms with van der Waals surface area (Å²) in [6, 6.07) is 4.67. The Hall–Kier alpha value is -0.760. The van der Waals surface area contributed by atoms with E-state index in [0.717, 1.165) is 24.6 Å². The first-order valence-corrected chi connectivity index (χ1v) is 7.02. The van der Waals surface area contributed by atoms with E-state index in [2.05, 4.69) is 32.2 Å². The van der Waals surface area contributed by atoms with Gasteiger partial charge in [0.2, 0.25) is 0 Å². The van der Waals surface area contributed by atoms with Crippen molar-refractivity contribution in [3.8, 4) is 0 Å². The van der Waals surface area contributed by atoms with Crippen LogP contribution in [0.1, 0.15) is 52.2 Å². The summed E-state index contributed by atoms with van der Waals surface area (Å²) in [5, 5.41) is 3.66. The van der Waals surface area contributed by atoms with Crippen LogP contribution in [0.25, 0.3) is 0 Å². The van der Waals surface area contributed by atoms with Crippen LogP contribution in [0.3, 0.4) is 0 Å². The summed E-state index contributed by atoms with van der Waals surface area (Å²) in [7, 11) is 0. The van der Waals surface area contributed by atoms with Crippen LogP contribution < -0.4 is 5.32 Å². The number of hydrogen-bond donors (Lipinski definition) is 1. The van der Waals surface area contributed by atoms with E-state index in [-0.39, 0.29) is 0 Å². The van der Waals surface area contributed by atoms with Gasteiger partial charge in [-0.05, 0) is 43.9 Å². The van der Waals surface area contributed by atoms with Crippen LogP contribution in [-0.4, -0.2) is 12.6 Å². The van der Waals surface area contributed by atoms with Crippen molar-refractivity contribution in [3.05, 3.63) is 24.2 Å². The first-order valence-electron chi connectivity index (χ1n) is 7.02. The summed E-state index contributed by atoms with van der Waals surface area (Å²) >= 11 is 0. The number of nitrogens with one attached hydrogen (secondary N) is 1. The van der Waals surface area contributed by atoms with Gasteiger partial charge in [0, 0.05) is 12.5 Å². The van der Waals surface area contributed by atoms with Crippen LogP contribution in [0.15, 0.2) is 22.8 Å². The summed E-state index contributed by atoms with van der Waals surface area (Å²) in [6.45, 7) is 7.96. The quantitative estimate of drug-likeness (QED) is 0.702. The molecule has 0 aromatic carbocycles. The normalized spacial score (nSPS) is 14.8. The highest BCUT2D eigenvalue weighted by molar-refractivity contribution is 4.98. The Labute approximate surface area is 106 Å². The van der Waals surface area contributed by atoms with E-state index >= 15 is 0 Å². The lowest BCUT2D eigenvalue weighted by Crippen LogP contribution is -2.31. The molecule has 2 heteroatoms. The molecule has 0 aliphatic carbocycles. The Kier molecular flexibility index (Phi) is 7.02. The minimum atomic E-state index is 0.634. The Morgan fingerprint density at radius 3 is 2.76 bits per heavy atom. The summed E-state index contributed by atoms with van der Waals surface area (Å²) in [5.41, 5.74) is 0. The standard InChI is InChI=1S/C15H27NO/c1-4-10-16-14(12-13(3)5-2)8-9-15-7-6-11-17-15/h6-7,11,13-14,16H,4-5,8-10,12H2,1-3H3. The van der Waals surface area contributed by atoms with Gasteiger partial charge in [-0.25, -0.2) is 0 Å². The average Bonchev–Trinajstić information content (AvgIpc) is 2.85. The minimum absolute atomic E-state index is 0.634. The number of furan rings is 1. The van der Waals surface area contributed by atoms with Crippen LogP contribution in [0.4, 0.5) is 0 Å². The number of hydrogen-bond acceptors (Lipinski definition) is 2. The lowest BCUT2D eigenvalue weighted by Gasteiger charge is -2.21. The molecule has 0 aliphatic rings. The molecule has 0 fully saturated rings. The van der Waals surface area contributed by atoms with Crippen LogP contribution in [0, 0.1) is 5.92 Å². The topological polar surface area (TPSA) is 25.2 Å². The van der Waals surface area contributed by atoms with E-state index in [0.29, 0.717) is 6.04 Å². The fourth-order valence-corrected chi connectivity index (χ4v) is 2.08. The van der Waals surface area contributed by atoms with Crippen molar-refractivity contribution in [1.82, 2.24) is 5.32 Å². The Balaban J connectivity index is 2.33. The highest BCUT2D eigenvalue weighted by Gasteiger charge is 2.12. The summed E-state index contributed by atoms with van der Waals surface area (Å²) in [6.07, 6.45) is 7.74. The molecule has 2 nitrogen and oxygen atoms in total. The molecule has 17 heavy (non-hydrogen) atoms. The van der Waals surface area contributed by atoms with Crippen molar-refractivity contribution in [2.45, 2.75) is 58.9 Å². The smallest absolute Gasteiger partial charge is 0.103 e. The zero-order valence-corrected chi connectivity index (χ0v) is 11.5. The van der Waals surface area contributed by atoms with Gasteiger partial charge >= 0.3 is 0 Å². The molecule has 0 aliphatic heterocycles. The van der Waals surface area contributed by atoms with Gasteiger partial charge in [0.1, 0.15) is 5.76 Å². The predicted molar refractivity (Wildman–Crippen MR) is 73.2 cm³/mol. The third-order valence-corrected chi connectivity index (χ3v) is 3.39. The molecule has 1 N–H and O–H groups in total. The molecule has 1 rings (SSSR count). The maximum Gasteiger partial charge on any atom is 0.103 e. The van der Waals surface area contributed by atoms with Crippen LogP contribution in [0.2, 0.25) is 0 Å². The lowest BCUT2D eigenvalue weighted by atomic mass is 9.96. The van der Waals surface area contributed by atoms with Gasteiger partial charge in [0.05, 0.1) is 6.26 Å². The Bertz CT molecular complexity index is 268. The summed E-state index contributed by atoms with van der Waals surface area (Å²) in [5.74, 6) is 1.92. The Morgan fingerprint density at radius 2 is 2.18 bits per heavy atom. The second-order valence-corrected chi connectivity index (χ2v) is 5.02. The Morgan fingerprint density at radius 1 is 1.35 bits per heavy atom. The second-order valence-electron chi connectivity index (χ2n) is 5.02. The van der Waals surface area contributed by atoms with Gasteiger partial charge in [-0.15, -0.1) is 0 Å². The molecule has 1 aromatic rings. The second kappa shape index (κ2) is 8.35. The van der Waals surface area contributed by atoms with E-state index in [9.17, 15) is 0 Å². The molecule has 2 atom stereocenters. The fourth-order valence-electron chi connectivity index (χ4n) is 2.08. The molecule has 0 bridgehead atoms. The summed E-state index contributed by atoms with van der Waals surface area (Å²) < 4.78 is 5.39. The monoisotopic (exact) mass is 237 g/mol. The van der Waals surface area contributed by atoms with Gasteiger partial charge in [0.25, 0.3) is 0 Å². The molecule has 0 saturated heterocycles. The van der Waals surface area contributed by atoms with E-state index in [4.69, 9.17) is 4.42 Å². The van der Waals surface area contributed by atoms with Crippen molar-refractivity contribution >= 4 is 0 Å². The molecule has 1 aromatic heterocycles. The number of rotatable bonds is 9. The molecule has 1 heterocycles. The number of aryl methyl sites for hydroxylation is 1. The van der Waals surface area contributed by atoms with Gasteiger partial charge in [-0.2, -0.15) is 0 Å². The SMILES string of the molecule is CCCNC(CCc1ccco1)CC(C)CC. The van der Waals surface area contributed by atoms with Crippen molar-refractivity contribution < 1.29 is 4.42 Å². The summed E-state index contributed by atoms with van der Waals surface area (Å²) in [4.78, 5) is 0. The molecular formula is C15H27NO. The van der Waals surface area contributed by atoms with Gasteiger partial charge in [-0.3, -0.25) is 0 Å². The molecule has 98 valence electrons. The molecule has 2 unspecified atom stereocenters. The van der Waals surface area contributed by atoms with Crippen molar-refractivity contribution in [2.24, 2.45) is 5.92 Å². The van der Waals surface area contributed by atoms with Crippen molar-refractivity contribution in [2.75, 3.05) is 6.54 Å². The lowest BCUT2D eigenvalue weighted by molar-refractivity contribution is 0.367. The molecule has 0 spiro atoms. The fraction of sp³-hybridized carbons (Fsp3) is 0.733. The van der Waals surface area contributed by atoms with Crippen LogP contribution in [-0.2, 0) is 6.42 Å². The highest BCUT2D eigenvalue weighted by Crippen LogP contribution is 2.15. The maximum atomic E-state index is 5.39. The molecule has 0 amide bonds. The molecule has 0 saturated carbocycles. The van der Waals surface area contributed by atoms with Crippen LogP contribution >= 0.6 is 0 Å². The van der Waals surface area contributed by atoms with E-state index in [1.54, 1.807) is 6.26 Å². The van der Waals surface area contributed by atoms with Gasteiger partial charge < -0.3 is 9.73 Å². The zero-order valence-electron chi connectivity index (χ0n) is 11.5. The third kappa shape index (κ3) is 5.92. The van der Waals surface area contributed by atoms with Crippen molar-refractivity contribution in [3.63, 3.8) is 0 Å². The first-order chi connectivity index (χ1) is 8.26. The van der Waals surface area contributed by atoms with Gasteiger partial charge in [0.15, 0.2) is 0 Å². The first kappa shape index (κ1) is 14.3. The largest absolute Gasteiger partial charge is 0.469 e. The van der Waals surface area contributed by atoms with E-state index in [1.165, 1.54) is 25.7 Å². The average molecular weight is 237 g/mol. The van der Waals surface area contributed by atoms with Crippen molar-refractivity contribution in [1.29, 1.82) is 0 Å².